The number of hydrogen-bond acceptors (Lipinski definition) is 4. The predicted molar refractivity (Wildman–Crippen MR) is 96.5 cm³/mol. The van der Waals surface area contributed by atoms with Crippen molar-refractivity contribution in [3.63, 3.8) is 0 Å². The summed E-state index contributed by atoms with van der Waals surface area (Å²) in [5.74, 6) is 0.0224. The third-order valence-corrected chi connectivity index (χ3v) is 5.17. The van der Waals surface area contributed by atoms with Crippen LogP contribution in [-0.2, 0) is 14.9 Å². The van der Waals surface area contributed by atoms with E-state index in [1.165, 1.54) is 11.3 Å². The standard InChI is InChI=1S/C19H29N3O2/c1-14(2)22-12-19(15-7-5-6-8-16(15)22)11-17(24-13-19)18(23)20-9-10-21(3)4/h5-8,14,17H,9-13H2,1-4H3,(H,20,23)/t17-,19-/m1/s1. The van der Waals surface area contributed by atoms with Crippen LogP contribution in [0.15, 0.2) is 24.3 Å². The van der Waals surface area contributed by atoms with E-state index in [1.54, 1.807) is 0 Å². The number of nitrogens with zero attached hydrogens (tertiary/aromatic N) is 2. The van der Waals surface area contributed by atoms with Gasteiger partial charge in [-0.2, -0.15) is 0 Å². The number of likely N-dealkylation sites (N-methyl/N-ethyl adjacent to an activating group) is 1. The molecule has 0 radical (unpaired) electrons. The number of anilines is 1. The minimum absolute atomic E-state index is 0.0224. The average molecular weight is 331 g/mol. The van der Waals surface area contributed by atoms with E-state index in [0.717, 1.165) is 19.5 Å². The van der Waals surface area contributed by atoms with Gasteiger partial charge >= 0.3 is 0 Å². The van der Waals surface area contributed by atoms with E-state index in [9.17, 15) is 4.79 Å². The Morgan fingerprint density at radius 1 is 1.42 bits per heavy atom. The van der Waals surface area contributed by atoms with Crippen LogP contribution in [0.25, 0.3) is 0 Å². The van der Waals surface area contributed by atoms with E-state index in [2.05, 4.69) is 53.2 Å². The zero-order valence-corrected chi connectivity index (χ0v) is 15.2. The lowest BCUT2D eigenvalue weighted by Crippen LogP contribution is -2.40. The fraction of sp³-hybridized carbons (Fsp3) is 0.632. The second kappa shape index (κ2) is 6.73. The maximum Gasteiger partial charge on any atom is 0.249 e. The topological polar surface area (TPSA) is 44.8 Å². The lowest BCUT2D eigenvalue weighted by Gasteiger charge is -2.27. The van der Waals surface area contributed by atoms with Crippen LogP contribution in [-0.4, -0.2) is 63.3 Å². The third kappa shape index (κ3) is 3.15. The summed E-state index contributed by atoms with van der Waals surface area (Å²) in [6.45, 7) is 7.50. The minimum Gasteiger partial charge on any atom is -0.368 e. The Labute approximate surface area is 145 Å². The summed E-state index contributed by atoms with van der Waals surface area (Å²) < 4.78 is 5.94. The molecule has 0 bridgehead atoms. The molecule has 2 aliphatic rings. The molecule has 1 aromatic carbocycles. The van der Waals surface area contributed by atoms with E-state index in [0.29, 0.717) is 19.2 Å². The lowest BCUT2D eigenvalue weighted by atomic mass is 9.80. The zero-order chi connectivity index (χ0) is 17.3. The van der Waals surface area contributed by atoms with Crippen molar-refractivity contribution in [2.24, 2.45) is 0 Å². The number of benzene rings is 1. The Morgan fingerprint density at radius 3 is 2.88 bits per heavy atom. The molecule has 2 heterocycles. The van der Waals surface area contributed by atoms with E-state index in [1.807, 2.05) is 14.1 Å². The summed E-state index contributed by atoms with van der Waals surface area (Å²) in [5, 5.41) is 3.00. The average Bonchev–Trinajstić information content (AvgIpc) is 3.11. The first-order valence-electron chi connectivity index (χ1n) is 8.83. The quantitative estimate of drug-likeness (QED) is 0.890. The molecule has 0 unspecified atom stereocenters. The number of hydrogen-bond donors (Lipinski definition) is 1. The summed E-state index contributed by atoms with van der Waals surface area (Å²) in [6.07, 6.45) is 0.424. The van der Waals surface area contributed by atoms with Crippen LogP contribution >= 0.6 is 0 Å². The van der Waals surface area contributed by atoms with Gasteiger partial charge in [-0.15, -0.1) is 0 Å². The van der Waals surface area contributed by atoms with E-state index >= 15 is 0 Å². The van der Waals surface area contributed by atoms with Gasteiger partial charge in [-0.05, 0) is 46.0 Å². The van der Waals surface area contributed by atoms with Gasteiger partial charge in [0, 0.05) is 36.8 Å². The van der Waals surface area contributed by atoms with Crippen molar-refractivity contribution in [2.45, 2.75) is 37.8 Å². The Morgan fingerprint density at radius 2 is 2.17 bits per heavy atom. The molecule has 1 fully saturated rings. The summed E-state index contributed by atoms with van der Waals surface area (Å²) in [6, 6.07) is 9.02. The molecule has 5 heteroatoms. The molecule has 0 saturated carbocycles. The number of amides is 1. The van der Waals surface area contributed by atoms with Gasteiger partial charge in [-0.1, -0.05) is 18.2 Å². The van der Waals surface area contributed by atoms with Gasteiger partial charge in [0.15, 0.2) is 0 Å². The monoisotopic (exact) mass is 331 g/mol. The zero-order valence-electron chi connectivity index (χ0n) is 15.2. The van der Waals surface area contributed by atoms with Crippen LogP contribution in [0.3, 0.4) is 0 Å². The van der Waals surface area contributed by atoms with Crippen LogP contribution in [0.1, 0.15) is 25.8 Å². The highest BCUT2D eigenvalue weighted by Crippen LogP contribution is 2.47. The summed E-state index contributed by atoms with van der Waals surface area (Å²) in [5.41, 5.74) is 2.58. The molecule has 1 aromatic rings. The van der Waals surface area contributed by atoms with E-state index in [4.69, 9.17) is 4.74 Å². The van der Waals surface area contributed by atoms with E-state index in [-0.39, 0.29) is 17.4 Å². The maximum absolute atomic E-state index is 12.4. The van der Waals surface area contributed by atoms with Crippen molar-refractivity contribution in [2.75, 3.05) is 45.2 Å². The molecule has 5 nitrogen and oxygen atoms in total. The molecule has 0 aromatic heterocycles. The SMILES string of the molecule is CC(C)N1C[C@]2(CO[C@@H](C(=O)NCCN(C)C)C2)c2ccccc21. The van der Waals surface area contributed by atoms with Crippen molar-refractivity contribution in [1.29, 1.82) is 0 Å². The number of carbonyl (C=O) groups excluding carboxylic acids is 1. The summed E-state index contributed by atoms with van der Waals surface area (Å²) in [4.78, 5) is 16.9. The Kier molecular flexibility index (Phi) is 4.83. The Bertz CT molecular complexity index is 602. The number of rotatable bonds is 5. The van der Waals surface area contributed by atoms with Gasteiger partial charge in [0.1, 0.15) is 6.10 Å². The molecule has 0 aliphatic carbocycles. The first kappa shape index (κ1) is 17.2. The van der Waals surface area contributed by atoms with Gasteiger partial charge in [0.2, 0.25) is 5.91 Å². The van der Waals surface area contributed by atoms with Crippen molar-refractivity contribution in [3.05, 3.63) is 29.8 Å². The van der Waals surface area contributed by atoms with Gasteiger partial charge in [-0.25, -0.2) is 0 Å². The molecule has 1 spiro atoms. The number of para-hydroxylation sites is 1. The lowest BCUT2D eigenvalue weighted by molar-refractivity contribution is -0.130. The number of nitrogens with one attached hydrogen (secondary N) is 1. The van der Waals surface area contributed by atoms with Crippen LogP contribution < -0.4 is 10.2 Å². The normalized spacial score (nSPS) is 25.8. The highest BCUT2D eigenvalue weighted by Gasteiger charge is 2.50. The van der Waals surface area contributed by atoms with Crippen LogP contribution in [0.4, 0.5) is 5.69 Å². The fourth-order valence-corrected chi connectivity index (χ4v) is 3.85. The maximum atomic E-state index is 12.4. The second-order valence-corrected chi connectivity index (χ2v) is 7.62. The predicted octanol–water partition coefficient (Wildman–Crippen LogP) is 1.62. The number of ether oxygens (including phenoxy) is 1. The third-order valence-electron chi connectivity index (χ3n) is 5.17. The highest BCUT2D eigenvalue weighted by atomic mass is 16.5. The Balaban J connectivity index is 1.71. The van der Waals surface area contributed by atoms with Crippen LogP contribution in [0.2, 0.25) is 0 Å². The van der Waals surface area contributed by atoms with Crippen LogP contribution in [0.5, 0.6) is 0 Å². The second-order valence-electron chi connectivity index (χ2n) is 7.62. The highest BCUT2D eigenvalue weighted by molar-refractivity contribution is 5.81. The van der Waals surface area contributed by atoms with E-state index < -0.39 is 0 Å². The molecule has 1 amide bonds. The smallest absolute Gasteiger partial charge is 0.249 e. The van der Waals surface area contributed by atoms with Gasteiger partial charge in [-0.3, -0.25) is 4.79 Å². The molecule has 132 valence electrons. The van der Waals surface area contributed by atoms with Crippen molar-refractivity contribution < 1.29 is 9.53 Å². The fourth-order valence-electron chi connectivity index (χ4n) is 3.85. The molecule has 1 N–H and O–H groups in total. The molecular formula is C19H29N3O2. The largest absolute Gasteiger partial charge is 0.368 e. The molecule has 2 atom stereocenters. The molecular weight excluding hydrogens is 302 g/mol. The number of carbonyl (C=O) groups is 1. The first-order chi connectivity index (χ1) is 11.4. The molecule has 3 rings (SSSR count). The molecule has 24 heavy (non-hydrogen) atoms. The minimum atomic E-state index is -0.340. The van der Waals surface area contributed by atoms with Crippen molar-refractivity contribution >= 4 is 11.6 Å². The molecule has 2 aliphatic heterocycles. The summed E-state index contributed by atoms with van der Waals surface area (Å²) >= 11 is 0. The van der Waals surface area contributed by atoms with Gasteiger partial charge in [0.25, 0.3) is 0 Å². The van der Waals surface area contributed by atoms with Crippen molar-refractivity contribution in [3.8, 4) is 0 Å². The van der Waals surface area contributed by atoms with Crippen LogP contribution in [0, 0.1) is 0 Å². The van der Waals surface area contributed by atoms with Gasteiger partial charge in [0.05, 0.1) is 6.61 Å². The number of fused-ring (bicyclic) bond motifs is 2. The molecule has 1 saturated heterocycles. The summed E-state index contributed by atoms with van der Waals surface area (Å²) in [7, 11) is 4.01. The van der Waals surface area contributed by atoms with Gasteiger partial charge < -0.3 is 19.9 Å². The Hall–Kier alpha value is -1.59. The van der Waals surface area contributed by atoms with Crippen molar-refractivity contribution in [1.82, 2.24) is 10.2 Å². The first-order valence-corrected chi connectivity index (χ1v) is 8.83.